The van der Waals surface area contributed by atoms with Crippen molar-refractivity contribution in [3.8, 4) is 0 Å². The summed E-state index contributed by atoms with van der Waals surface area (Å²) in [5, 5.41) is 14.9. The average Bonchev–Trinajstić information content (AvgIpc) is 2.45. The highest BCUT2D eigenvalue weighted by Gasteiger charge is 2.22. The lowest BCUT2D eigenvalue weighted by Gasteiger charge is -2.22. The SMILES string of the molecule is CSC[C@@](C)(O)CNC(=O)C(=O)Nc1cccc(SC)c1. The topological polar surface area (TPSA) is 78.4 Å². The van der Waals surface area contributed by atoms with Crippen LogP contribution < -0.4 is 10.6 Å². The molecule has 2 amide bonds. The van der Waals surface area contributed by atoms with Crippen LogP contribution in [0.1, 0.15) is 6.92 Å². The Kier molecular flexibility index (Phi) is 7.07. The van der Waals surface area contributed by atoms with Crippen molar-refractivity contribution in [2.24, 2.45) is 0 Å². The van der Waals surface area contributed by atoms with E-state index in [9.17, 15) is 14.7 Å². The van der Waals surface area contributed by atoms with Gasteiger partial charge >= 0.3 is 11.8 Å². The fraction of sp³-hybridized carbons (Fsp3) is 0.429. The number of anilines is 1. The molecule has 0 aliphatic carbocycles. The summed E-state index contributed by atoms with van der Waals surface area (Å²) in [4.78, 5) is 24.5. The Morgan fingerprint density at radius 1 is 1.29 bits per heavy atom. The normalized spacial score (nSPS) is 13.3. The fourth-order valence-electron chi connectivity index (χ4n) is 1.60. The molecule has 1 atom stereocenters. The Bertz CT molecular complexity index is 507. The largest absolute Gasteiger partial charge is 0.387 e. The molecule has 0 saturated heterocycles. The molecule has 0 heterocycles. The molecule has 3 N–H and O–H groups in total. The highest BCUT2D eigenvalue weighted by atomic mass is 32.2. The molecule has 0 saturated carbocycles. The molecule has 21 heavy (non-hydrogen) atoms. The molecular formula is C14H20N2O3S2. The van der Waals surface area contributed by atoms with Gasteiger partial charge in [0.25, 0.3) is 0 Å². The number of rotatable bonds is 6. The van der Waals surface area contributed by atoms with Crippen molar-refractivity contribution in [2.45, 2.75) is 17.4 Å². The van der Waals surface area contributed by atoms with Gasteiger partial charge in [0, 0.05) is 22.9 Å². The lowest BCUT2D eigenvalue weighted by molar-refractivity contribution is -0.136. The minimum atomic E-state index is -1.03. The van der Waals surface area contributed by atoms with E-state index in [1.54, 1.807) is 30.8 Å². The molecule has 5 nitrogen and oxygen atoms in total. The summed E-state index contributed by atoms with van der Waals surface area (Å²) >= 11 is 3.02. The van der Waals surface area contributed by atoms with Gasteiger partial charge in [0.1, 0.15) is 0 Å². The Balaban J connectivity index is 2.53. The van der Waals surface area contributed by atoms with E-state index >= 15 is 0 Å². The van der Waals surface area contributed by atoms with Gasteiger partial charge in [0.05, 0.1) is 5.60 Å². The number of thioether (sulfide) groups is 2. The number of carbonyl (C=O) groups excluding carboxylic acids is 2. The van der Waals surface area contributed by atoms with E-state index in [1.807, 2.05) is 24.6 Å². The van der Waals surface area contributed by atoms with Crippen molar-refractivity contribution in [1.29, 1.82) is 0 Å². The van der Waals surface area contributed by atoms with Crippen LogP contribution >= 0.6 is 23.5 Å². The zero-order valence-electron chi connectivity index (χ0n) is 12.3. The van der Waals surface area contributed by atoms with Crippen LogP contribution in [0.4, 0.5) is 5.69 Å². The third-order valence-electron chi connectivity index (χ3n) is 2.62. The zero-order chi connectivity index (χ0) is 15.9. The van der Waals surface area contributed by atoms with Crippen molar-refractivity contribution in [3.63, 3.8) is 0 Å². The predicted molar refractivity (Wildman–Crippen MR) is 88.9 cm³/mol. The summed E-state index contributed by atoms with van der Waals surface area (Å²) in [6.45, 7) is 1.65. The van der Waals surface area contributed by atoms with Crippen LogP contribution in [-0.2, 0) is 9.59 Å². The summed E-state index contributed by atoms with van der Waals surface area (Å²) in [5.41, 5.74) is -0.466. The van der Waals surface area contributed by atoms with Gasteiger partial charge in [-0.3, -0.25) is 9.59 Å². The number of benzene rings is 1. The van der Waals surface area contributed by atoms with Gasteiger partial charge in [0.15, 0.2) is 0 Å². The maximum Gasteiger partial charge on any atom is 0.313 e. The van der Waals surface area contributed by atoms with Crippen LogP contribution in [0.5, 0.6) is 0 Å². The molecule has 0 aliphatic rings. The number of aliphatic hydroxyl groups is 1. The van der Waals surface area contributed by atoms with E-state index in [0.717, 1.165) is 4.90 Å². The second kappa shape index (κ2) is 8.31. The Morgan fingerprint density at radius 2 is 2.00 bits per heavy atom. The zero-order valence-corrected chi connectivity index (χ0v) is 13.9. The van der Waals surface area contributed by atoms with Crippen LogP contribution in [0, 0.1) is 0 Å². The molecule has 0 fully saturated rings. The monoisotopic (exact) mass is 328 g/mol. The van der Waals surface area contributed by atoms with Gasteiger partial charge in [-0.2, -0.15) is 11.8 Å². The van der Waals surface area contributed by atoms with E-state index in [1.165, 1.54) is 11.8 Å². The number of amides is 2. The first-order chi connectivity index (χ1) is 9.88. The van der Waals surface area contributed by atoms with E-state index in [4.69, 9.17) is 0 Å². The molecule has 0 unspecified atom stereocenters. The number of hydrogen-bond donors (Lipinski definition) is 3. The average molecular weight is 328 g/mol. The highest BCUT2D eigenvalue weighted by molar-refractivity contribution is 7.98. The van der Waals surface area contributed by atoms with Gasteiger partial charge in [-0.15, -0.1) is 11.8 Å². The van der Waals surface area contributed by atoms with E-state index in [2.05, 4.69) is 10.6 Å². The molecule has 0 spiro atoms. The molecule has 116 valence electrons. The highest BCUT2D eigenvalue weighted by Crippen LogP contribution is 2.18. The van der Waals surface area contributed by atoms with Gasteiger partial charge in [-0.25, -0.2) is 0 Å². The van der Waals surface area contributed by atoms with Crippen molar-refractivity contribution < 1.29 is 14.7 Å². The number of hydrogen-bond acceptors (Lipinski definition) is 5. The summed E-state index contributed by atoms with van der Waals surface area (Å²) in [5.74, 6) is -1.02. The molecular weight excluding hydrogens is 308 g/mol. The van der Waals surface area contributed by atoms with E-state index in [0.29, 0.717) is 11.4 Å². The van der Waals surface area contributed by atoms with Gasteiger partial charge in [-0.05, 0) is 37.6 Å². The Morgan fingerprint density at radius 3 is 2.62 bits per heavy atom. The maximum atomic E-state index is 11.8. The van der Waals surface area contributed by atoms with Crippen molar-refractivity contribution >= 4 is 41.0 Å². The standard InChI is InChI=1S/C14H20N2O3S2/c1-14(19,9-20-2)8-15-12(17)13(18)16-10-5-4-6-11(7-10)21-3/h4-7,19H,8-9H2,1-3H3,(H,15,17)(H,16,18)/t14-/m0/s1. The number of nitrogens with one attached hydrogen (secondary N) is 2. The van der Waals surface area contributed by atoms with Crippen LogP contribution in [0.15, 0.2) is 29.2 Å². The van der Waals surface area contributed by atoms with Crippen LogP contribution in [0.3, 0.4) is 0 Å². The summed E-state index contributed by atoms with van der Waals surface area (Å²) < 4.78 is 0. The van der Waals surface area contributed by atoms with Crippen molar-refractivity contribution in [2.75, 3.05) is 30.1 Å². The fourth-order valence-corrected chi connectivity index (χ4v) is 2.79. The second-order valence-corrected chi connectivity index (χ2v) is 6.54. The quantitative estimate of drug-likeness (QED) is 0.546. The first-order valence-corrected chi connectivity index (χ1v) is 8.94. The number of carbonyl (C=O) groups is 2. The summed E-state index contributed by atoms with van der Waals surface area (Å²) in [7, 11) is 0. The first-order valence-electron chi connectivity index (χ1n) is 6.32. The minimum Gasteiger partial charge on any atom is -0.387 e. The molecule has 1 rings (SSSR count). The Labute approximate surface area is 133 Å². The molecule has 1 aromatic carbocycles. The maximum absolute atomic E-state index is 11.8. The first kappa shape index (κ1) is 17.9. The van der Waals surface area contributed by atoms with Crippen LogP contribution in [0.2, 0.25) is 0 Å². The van der Waals surface area contributed by atoms with Gasteiger partial charge in [-0.1, -0.05) is 6.07 Å². The Hall–Kier alpha value is -1.18. The van der Waals surface area contributed by atoms with E-state index < -0.39 is 17.4 Å². The third kappa shape index (κ3) is 6.41. The minimum absolute atomic E-state index is 0.0327. The molecule has 7 heteroatoms. The third-order valence-corrected chi connectivity index (χ3v) is 4.25. The lowest BCUT2D eigenvalue weighted by Crippen LogP contribution is -2.45. The second-order valence-electron chi connectivity index (χ2n) is 4.80. The van der Waals surface area contributed by atoms with E-state index in [-0.39, 0.29) is 6.54 Å². The van der Waals surface area contributed by atoms with Crippen molar-refractivity contribution in [1.82, 2.24) is 5.32 Å². The van der Waals surface area contributed by atoms with Crippen LogP contribution in [-0.4, -0.2) is 47.3 Å². The lowest BCUT2D eigenvalue weighted by atomic mass is 10.1. The smallest absolute Gasteiger partial charge is 0.313 e. The molecule has 0 radical (unpaired) electrons. The summed E-state index contributed by atoms with van der Waals surface area (Å²) in [6, 6.07) is 7.23. The van der Waals surface area contributed by atoms with Crippen LogP contribution in [0.25, 0.3) is 0 Å². The van der Waals surface area contributed by atoms with Crippen molar-refractivity contribution in [3.05, 3.63) is 24.3 Å². The molecule has 0 bridgehead atoms. The molecule has 1 aromatic rings. The molecule has 0 aliphatic heterocycles. The molecule has 0 aromatic heterocycles. The summed E-state index contributed by atoms with van der Waals surface area (Å²) in [6.07, 6.45) is 3.79. The predicted octanol–water partition coefficient (Wildman–Crippen LogP) is 1.58. The van der Waals surface area contributed by atoms with Gasteiger partial charge in [0.2, 0.25) is 0 Å². The van der Waals surface area contributed by atoms with Gasteiger partial charge < -0.3 is 15.7 Å².